The maximum atomic E-state index is 13.2. The number of hydrogen-bond acceptors (Lipinski definition) is 7. The molecule has 2 aliphatic rings. The van der Waals surface area contributed by atoms with E-state index in [1.807, 2.05) is 31.2 Å². The Labute approximate surface area is 200 Å². The summed E-state index contributed by atoms with van der Waals surface area (Å²) in [5, 5.41) is 9.36. The van der Waals surface area contributed by atoms with Gasteiger partial charge in [-0.1, -0.05) is 18.2 Å². The maximum Gasteiger partial charge on any atom is 0.243 e. The Morgan fingerprint density at radius 2 is 1.82 bits per heavy atom. The van der Waals surface area contributed by atoms with Crippen molar-refractivity contribution >= 4 is 33.0 Å². The Hall–Kier alpha value is -2.66. The average Bonchev–Trinajstić information content (AvgIpc) is 3.37. The number of morpholine rings is 1. The quantitative estimate of drug-likeness (QED) is 0.498. The van der Waals surface area contributed by atoms with Crippen molar-refractivity contribution in [3.8, 4) is 0 Å². The highest BCUT2D eigenvalue weighted by Gasteiger charge is 2.27. The molecule has 2 aromatic rings. The van der Waals surface area contributed by atoms with Gasteiger partial charge in [0.15, 0.2) is 0 Å². The summed E-state index contributed by atoms with van der Waals surface area (Å²) in [6.45, 7) is 4.69. The SMILES string of the molecule is Cc1ccccc1NC(=O)CNc1cc(S(=O)(=O)N2CCOCC2)ccc1NC[C@@H]1CCCO1. The second kappa shape index (κ2) is 11.2. The standard InChI is InChI=1S/C24H32N4O5S/c1-18-5-2-3-7-21(18)27-24(29)17-26-23-15-20(34(30,31)28-10-13-32-14-11-28)8-9-22(23)25-16-19-6-4-12-33-19/h2-3,5,7-9,15,19,25-26H,4,6,10-14,16-17H2,1H3,(H,27,29)/t19-/m0/s1. The zero-order valence-electron chi connectivity index (χ0n) is 19.4. The van der Waals surface area contributed by atoms with Gasteiger partial charge in [0.05, 0.1) is 42.1 Å². The van der Waals surface area contributed by atoms with Crippen LogP contribution in [0.5, 0.6) is 0 Å². The Balaban J connectivity index is 1.50. The van der Waals surface area contributed by atoms with E-state index in [2.05, 4.69) is 16.0 Å². The predicted octanol–water partition coefficient (Wildman–Crippen LogP) is 2.66. The molecule has 2 heterocycles. The fourth-order valence-electron chi connectivity index (χ4n) is 4.03. The van der Waals surface area contributed by atoms with E-state index >= 15 is 0 Å². The van der Waals surface area contributed by atoms with Crippen LogP contribution in [-0.2, 0) is 24.3 Å². The van der Waals surface area contributed by atoms with Gasteiger partial charge in [0.2, 0.25) is 15.9 Å². The number of carbonyl (C=O) groups excluding carboxylic acids is 1. The molecule has 34 heavy (non-hydrogen) atoms. The predicted molar refractivity (Wildman–Crippen MR) is 132 cm³/mol. The number of benzene rings is 2. The number of rotatable bonds is 9. The van der Waals surface area contributed by atoms with E-state index in [1.165, 1.54) is 4.31 Å². The number of aryl methyl sites for hydroxylation is 1. The first-order chi connectivity index (χ1) is 16.4. The van der Waals surface area contributed by atoms with Crippen LogP contribution in [0.15, 0.2) is 47.4 Å². The molecule has 4 rings (SSSR count). The first-order valence-corrected chi connectivity index (χ1v) is 13.0. The summed E-state index contributed by atoms with van der Waals surface area (Å²) in [5.41, 5.74) is 2.98. The van der Waals surface area contributed by atoms with Gasteiger partial charge < -0.3 is 25.4 Å². The minimum Gasteiger partial charge on any atom is -0.381 e. The Kier molecular flexibility index (Phi) is 8.04. The first-order valence-electron chi connectivity index (χ1n) is 11.6. The van der Waals surface area contributed by atoms with Gasteiger partial charge in [0.1, 0.15) is 0 Å². The minimum absolute atomic E-state index is 0.00992. The molecule has 1 atom stereocenters. The summed E-state index contributed by atoms with van der Waals surface area (Å²) in [5.74, 6) is -0.221. The number of anilines is 3. The average molecular weight is 489 g/mol. The molecule has 184 valence electrons. The van der Waals surface area contributed by atoms with Crippen LogP contribution in [0, 0.1) is 6.92 Å². The van der Waals surface area contributed by atoms with Crippen molar-refractivity contribution in [1.82, 2.24) is 4.31 Å². The second-order valence-electron chi connectivity index (χ2n) is 8.46. The number of sulfonamides is 1. The number of para-hydroxylation sites is 1. The summed E-state index contributed by atoms with van der Waals surface area (Å²) >= 11 is 0. The monoisotopic (exact) mass is 488 g/mol. The van der Waals surface area contributed by atoms with Crippen LogP contribution in [0.2, 0.25) is 0 Å². The smallest absolute Gasteiger partial charge is 0.243 e. The van der Waals surface area contributed by atoms with Crippen molar-refractivity contribution in [3.05, 3.63) is 48.0 Å². The third-order valence-corrected chi connectivity index (χ3v) is 7.90. The molecular weight excluding hydrogens is 456 g/mol. The summed E-state index contributed by atoms with van der Waals surface area (Å²) in [4.78, 5) is 12.8. The molecule has 1 amide bonds. The first kappa shape index (κ1) is 24.5. The van der Waals surface area contributed by atoms with Crippen molar-refractivity contribution in [3.63, 3.8) is 0 Å². The van der Waals surface area contributed by atoms with Crippen LogP contribution in [0.4, 0.5) is 17.1 Å². The topological polar surface area (TPSA) is 109 Å². The van der Waals surface area contributed by atoms with Crippen molar-refractivity contribution in [2.75, 3.05) is 62.0 Å². The lowest BCUT2D eigenvalue weighted by Gasteiger charge is -2.26. The van der Waals surface area contributed by atoms with E-state index in [0.717, 1.165) is 36.4 Å². The third-order valence-electron chi connectivity index (χ3n) is 6.00. The van der Waals surface area contributed by atoms with Gasteiger partial charge in [-0.3, -0.25) is 4.79 Å². The molecule has 2 saturated heterocycles. The molecule has 0 unspecified atom stereocenters. The fourth-order valence-corrected chi connectivity index (χ4v) is 5.47. The molecule has 0 spiro atoms. The Morgan fingerprint density at radius 3 is 2.56 bits per heavy atom. The number of carbonyl (C=O) groups is 1. The highest BCUT2D eigenvalue weighted by Crippen LogP contribution is 2.28. The molecule has 2 aromatic carbocycles. The molecule has 10 heteroatoms. The molecule has 0 bridgehead atoms. The van der Waals surface area contributed by atoms with Crippen molar-refractivity contribution in [1.29, 1.82) is 0 Å². The maximum absolute atomic E-state index is 13.2. The van der Waals surface area contributed by atoms with Crippen molar-refractivity contribution in [2.45, 2.75) is 30.8 Å². The molecule has 3 N–H and O–H groups in total. The second-order valence-corrected chi connectivity index (χ2v) is 10.4. The number of ether oxygens (including phenoxy) is 2. The van der Waals surface area contributed by atoms with E-state index in [-0.39, 0.29) is 23.5 Å². The number of hydrogen-bond donors (Lipinski definition) is 3. The van der Waals surface area contributed by atoms with Crippen LogP contribution in [-0.4, -0.2) is 70.7 Å². The van der Waals surface area contributed by atoms with Gasteiger partial charge in [-0.25, -0.2) is 8.42 Å². The summed E-state index contributed by atoms with van der Waals surface area (Å²) in [6, 6.07) is 12.5. The van der Waals surface area contributed by atoms with E-state index in [0.29, 0.717) is 38.5 Å². The third kappa shape index (κ3) is 6.06. The van der Waals surface area contributed by atoms with E-state index in [9.17, 15) is 13.2 Å². The van der Waals surface area contributed by atoms with E-state index < -0.39 is 10.0 Å². The molecule has 0 saturated carbocycles. The van der Waals surface area contributed by atoms with Gasteiger partial charge >= 0.3 is 0 Å². The molecule has 0 radical (unpaired) electrons. The van der Waals surface area contributed by atoms with Gasteiger partial charge in [0, 0.05) is 31.9 Å². The Bertz CT molecular complexity index is 1100. The normalized spacial score (nSPS) is 19.0. The molecule has 0 aliphatic carbocycles. The lowest BCUT2D eigenvalue weighted by molar-refractivity contribution is -0.114. The van der Waals surface area contributed by atoms with Crippen LogP contribution >= 0.6 is 0 Å². The number of amides is 1. The lowest BCUT2D eigenvalue weighted by atomic mass is 10.2. The van der Waals surface area contributed by atoms with E-state index in [4.69, 9.17) is 9.47 Å². The number of nitrogens with zero attached hydrogens (tertiary/aromatic N) is 1. The summed E-state index contributed by atoms with van der Waals surface area (Å²) in [6.07, 6.45) is 2.14. The Morgan fingerprint density at radius 1 is 1.03 bits per heavy atom. The van der Waals surface area contributed by atoms with Crippen LogP contribution < -0.4 is 16.0 Å². The summed E-state index contributed by atoms with van der Waals surface area (Å²) < 4.78 is 38.7. The summed E-state index contributed by atoms with van der Waals surface area (Å²) in [7, 11) is -3.66. The van der Waals surface area contributed by atoms with Gasteiger partial charge in [0.25, 0.3) is 0 Å². The van der Waals surface area contributed by atoms with Crippen molar-refractivity contribution < 1.29 is 22.7 Å². The van der Waals surface area contributed by atoms with Gasteiger partial charge in [-0.2, -0.15) is 4.31 Å². The number of nitrogens with one attached hydrogen (secondary N) is 3. The molecule has 9 nitrogen and oxygen atoms in total. The highest BCUT2D eigenvalue weighted by molar-refractivity contribution is 7.89. The lowest BCUT2D eigenvalue weighted by Crippen LogP contribution is -2.40. The molecule has 0 aromatic heterocycles. The van der Waals surface area contributed by atoms with Gasteiger partial charge in [-0.15, -0.1) is 0 Å². The molecular formula is C24H32N4O5S. The van der Waals surface area contributed by atoms with Gasteiger partial charge in [-0.05, 0) is 49.6 Å². The van der Waals surface area contributed by atoms with E-state index in [1.54, 1.807) is 18.2 Å². The fraction of sp³-hybridized carbons (Fsp3) is 0.458. The van der Waals surface area contributed by atoms with Crippen LogP contribution in [0.25, 0.3) is 0 Å². The van der Waals surface area contributed by atoms with Crippen LogP contribution in [0.3, 0.4) is 0 Å². The van der Waals surface area contributed by atoms with Crippen LogP contribution in [0.1, 0.15) is 18.4 Å². The van der Waals surface area contributed by atoms with Crippen molar-refractivity contribution in [2.24, 2.45) is 0 Å². The molecule has 2 fully saturated rings. The zero-order valence-corrected chi connectivity index (χ0v) is 20.2. The largest absolute Gasteiger partial charge is 0.381 e. The minimum atomic E-state index is -3.66. The zero-order chi connectivity index (χ0) is 24.0. The molecule has 2 aliphatic heterocycles. The highest BCUT2D eigenvalue weighted by atomic mass is 32.2.